The highest BCUT2D eigenvalue weighted by Crippen LogP contribution is 2.25. The lowest BCUT2D eigenvalue weighted by Gasteiger charge is -2.26. The van der Waals surface area contributed by atoms with Crippen LogP contribution in [0.4, 0.5) is 0 Å². The minimum absolute atomic E-state index is 0.0783. The number of carboxylic acids is 1. The van der Waals surface area contributed by atoms with E-state index in [0.717, 1.165) is 23.6 Å². The van der Waals surface area contributed by atoms with Crippen molar-refractivity contribution in [3.8, 4) is 0 Å². The summed E-state index contributed by atoms with van der Waals surface area (Å²) in [6.45, 7) is 0. The van der Waals surface area contributed by atoms with E-state index < -0.39 is 5.97 Å². The number of carbonyl (C=O) groups excluding carboxylic acids is 1. The molecule has 1 aliphatic rings. The van der Waals surface area contributed by atoms with Crippen LogP contribution in [0.2, 0.25) is 0 Å². The number of nitrogens with one attached hydrogen (secondary N) is 1. The summed E-state index contributed by atoms with van der Waals surface area (Å²) in [6, 6.07) is 13.7. The Hall–Kier alpha value is -2.36. The first-order valence-corrected chi connectivity index (χ1v) is 7.66. The van der Waals surface area contributed by atoms with Crippen molar-refractivity contribution in [2.75, 3.05) is 0 Å². The molecule has 0 bridgehead atoms. The van der Waals surface area contributed by atoms with Gasteiger partial charge in [0.15, 0.2) is 0 Å². The Kier molecular flexibility index (Phi) is 4.09. The van der Waals surface area contributed by atoms with Gasteiger partial charge in [-0.3, -0.25) is 9.59 Å². The number of amides is 1. The normalized spacial score (nSPS) is 21.5. The number of aliphatic carboxylic acids is 1. The van der Waals surface area contributed by atoms with Gasteiger partial charge < -0.3 is 10.4 Å². The van der Waals surface area contributed by atoms with Crippen LogP contribution in [-0.4, -0.2) is 23.0 Å². The molecule has 0 radical (unpaired) electrons. The number of hydrogen-bond acceptors (Lipinski definition) is 2. The van der Waals surface area contributed by atoms with Crippen molar-refractivity contribution in [3.05, 3.63) is 48.0 Å². The van der Waals surface area contributed by atoms with Crippen LogP contribution in [0.1, 0.15) is 36.0 Å². The van der Waals surface area contributed by atoms with Crippen molar-refractivity contribution >= 4 is 22.6 Å². The molecule has 0 saturated heterocycles. The van der Waals surface area contributed by atoms with E-state index in [0.29, 0.717) is 18.4 Å². The number of hydrogen-bond donors (Lipinski definition) is 2. The van der Waals surface area contributed by atoms with Crippen molar-refractivity contribution in [3.63, 3.8) is 0 Å². The molecule has 114 valence electrons. The maximum Gasteiger partial charge on any atom is 0.306 e. The van der Waals surface area contributed by atoms with Crippen molar-refractivity contribution in [2.45, 2.75) is 31.7 Å². The average molecular weight is 297 g/mol. The fourth-order valence-electron chi connectivity index (χ4n) is 3.08. The fourth-order valence-corrected chi connectivity index (χ4v) is 3.08. The van der Waals surface area contributed by atoms with Crippen molar-refractivity contribution in [1.29, 1.82) is 0 Å². The van der Waals surface area contributed by atoms with Gasteiger partial charge in [0.2, 0.25) is 0 Å². The predicted octanol–water partition coefficient (Wildman–Crippen LogP) is 3.21. The second kappa shape index (κ2) is 6.18. The molecule has 1 aliphatic carbocycles. The van der Waals surface area contributed by atoms with Gasteiger partial charge in [0, 0.05) is 11.6 Å². The van der Waals surface area contributed by atoms with Crippen LogP contribution in [0.5, 0.6) is 0 Å². The van der Waals surface area contributed by atoms with Crippen LogP contribution in [0.3, 0.4) is 0 Å². The van der Waals surface area contributed by atoms with Crippen LogP contribution in [0.25, 0.3) is 10.8 Å². The summed E-state index contributed by atoms with van der Waals surface area (Å²) in [5, 5.41) is 14.2. The number of benzene rings is 2. The van der Waals surface area contributed by atoms with Crippen LogP contribution in [-0.2, 0) is 4.79 Å². The van der Waals surface area contributed by atoms with Crippen molar-refractivity contribution < 1.29 is 14.7 Å². The molecule has 0 spiro atoms. The molecule has 1 saturated carbocycles. The highest BCUT2D eigenvalue weighted by molar-refractivity contribution is 5.98. The van der Waals surface area contributed by atoms with E-state index in [1.165, 1.54) is 0 Å². The molecule has 22 heavy (non-hydrogen) atoms. The summed E-state index contributed by atoms with van der Waals surface area (Å²) in [5.74, 6) is -1.06. The quantitative estimate of drug-likeness (QED) is 0.914. The van der Waals surface area contributed by atoms with Gasteiger partial charge in [-0.25, -0.2) is 0 Å². The first kappa shape index (κ1) is 14.6. The van der Waals surface area contributed by atoms with E-state index >= 15 is 0 Å². The summed E-state index contributed by atoms with van der Waals surface area (Å²) in [6.07, 6.45) is 2.74. The zero-order chi connectivity index (χ0) is 15.5. The van der Waals surface area contributed by atoms with Crippen LogP contribution in [0.15, 0.2) is 42.5 Å². The fraction of sp³-hybridized carbons (Fsp3) is 0.333. The Morgan fingerprint density at radius 3 is 2.32 bits per heavy atom. The topological polar surface area (TPSA) is 66.4 Å². The average Bonchev–Trinajstić information content (AvgIpc) is 2.55. The maximum atomic E-state index is 12.3. The van der Waals surface area contributed by atoms with Crippen LogP contribution >= 0.6 is 0 Å². The van der Waals surface area contributed by atoms with E-state index in [1.807, 2.05) is 42.5 Å². The van der Waals surface area contributed by atoms with Gasteiger partial charge in [0.1, 0.15) is 0 Å². The largest absolute Gasteiger partial charge is 0.481 e. The minimum atomic E-state index is -0.723. The summed E-state index contributed by atoms with van der Waals surface area (Å²) in [5.41, 5.74) is 0.652. The maximum absolute atomic E-state index is 12.3. The van der Waals surface area contributed by atoms with Crippen molar-refractivity contribution in [1.82, 2.24) is 5.32 Å². The molecule has 0 unspecified atom stereocenters. The second-order valence-corrected chi connectivity index (χ2v) is 5.92. The number of rotatable bonds is 3. The Balaban J connectivity index is 1.65. The van der Waals surface area contributed by atoms with E-state index in [9.17, 15) is 9.59 Å². The van der Waals surface area contributed by atoms with Gasteiger partial charge in [-0.1, -0.05) is 30.3 Å². The number of fused-ring (bicyclic) bond motifs is 1. The molecular weight excluding hydrogens is 278 g/mol. The second-order valence-electron chi connectivity index (χ2n) is 5.92. The van der Waals surface area contributed by atoms with Crippen LogP contribution in [0, 0.1) is 5.92 Å². The Morgan fingerprint density at radius 2 is 1.64 bits per heavy atom. The van der Waals surface area contributed by atoms with Gasteiger partial charge in [-0.15, -0.1) is 0 Å². The molecule has 1 amide bonds. The van der Waals surface area contributed by atoms with Gasteiger partial charge >= 0.3 is 5.97 Å². The van der Waals surface area contributed by atoms with Gasteiger partial charge in [-0.05, 0) is 48.6 Å². The third-order valence-corrected chi connectivity index (χ3v) is 4.42. The van der Waals surface area contributed by atoms with E-state index in [4.69, 9.17) is 5.11 Å². The van der Waals surface area contributed by atoms with Gasteiger partial charge in [0.25, 0.3) is 5.91 Å². The van der Waals surface area contributed by atoms with E-state index in [1.54, 1.807) is 0 Å². The highest BCUT2D eigenvalue weighted by atomic mass is 16.4. The first-order chi connectivity index (χ1) is 10.6. The molecule has 0 aromatic heterocycles. The van der Waals surface area contributed by atoms with Gasteiger partial charge in [-0.2, -0.15) is 0 Å². The van der Waals surface area contributed by atoms with E-state index in [2.05, 4.69) is 5.32 Å². The lowest BCUT2D eigenvalue weighted by Crippen LogP contribution is -2.38. The van der Waals surface area contributed by atoms with Gasteiger partial charge in [0.05, 0.1) is 5.92 Å². The Labute approximate surface area is 129 Å². The molecule has 4 nitrogen and oxygen atoms in total. The predicted molar refractivity (Wildman–Crippen MR) is 84.8 cm³/mol. The zero-order valence-corrected chi connectivity index (χ0v) is 12.3. The molecular formula is C18H19NO3. The Bertz CT molecular complexity index is 702. The molecule has 2 aromatic carbocycles. The third-order valence-electron chi connectivity index (χ3n) is 4.42. The smallest absolute Gasteiger partial charge is 0.306 e. The lowest BCUT2D eigenvalue weighted by molar-refractivity contribution is -0.142. The summed E-state index contributed by atoms with van der Waals surface area (Å²) in [4.78, 5) is 23.3. The molecule has 0 atom stereocenters. The highest BCUT2D eigenvalue weighted by Gasteiger charge is 2.26. The first-order valence-electron chi connectivity index (χ1n) is 7.66. The molecule has 0 heterocycles. The molecule has 2 aromatic rings. The zero-order valence-electron chi connectivity index (χ0n) is 12.3. The summed E-state index contributed by atoms with van der Waals surface area (Å²) in [7, 11) is 0. The lowest BCUT2D eigenvalue weighted by atomic mass is 9.86. The SMILES string of the molecule is O=C(NC1CCC(C(=O)O)CC1)c1ccc2ccccc2c1. The third kappa shape index (κ3) is 3.11. The van der Waals surface area contributed by atoms with Crippen LogP contribution < -0.4 is 5.32 Å². The summed E-state index contributed by atoms with van der Waals surface area (Å²) >= 11 is 0. The monoisotopic (exact) mass is 297 g/mol. The summed E-state index contributed by atoms with van der Waals surface area (Å²) < 4.78 is 0. The molecule has 4 heteroatoms. The van der Waals surface area contributed by atoms with E-state index in [-0.39, 0.29) is 17.9 Å². The Morgan fingerprint density at radius 1 is 0.955 bits per heavy atom. The minimum Gasteiger partial charge on any atom is -0.481 e. The number of carboxylic acid groups (broad SMARTS) is 1. The molecule has 0 aliphatic heterocycles. The molecule has 3 rings (SSSR count). The van der Waals surface area contributed by atoms with Crippen molar-refractivity contribution in [2.24, 2.45) is 5.92 Å². The number of carbonyl (C=O) groups is 2. The molecule has 2 N–H and O–H groups in total. The molecule has 1 fully saturated rings. The standard InChI is InChI=1S/C18H19NO3/c20-17(19-16-9-7-13(8-10-16)18(21)22)15-6-5-12-3-1-2-4-14(12)11-15/h1-6,11,13,16H,7-10H2,(H,19,20)(H,21,22).